The molecule has 0 amide bonds. The minimum atomic E-state index is -3.24. The molecule has 0 aromatic rings. The molecular formula is C10H21N3O2S. The van der Waals surface area contributed by atoms with Crippen molar-refractivity contribution in [1.29, 1.82) is 0 Å². The van der Waals surface area contributed by atoms with Crippen LogP contribution < -0.4 is 5.32 Å². The predicted molar refractivity (Wildman–Crippen MR) is 63.4 cm³/mol. The fourth-order valence-corrected chi connectivity index (χ4v) is 4.46. The number of hydrogen-bond acceptors (Lipinski definition) is 3. The molecule has 0 atom stereocenters. The Labute approximate surface area is 98.0 Å². The molecular weight excluding hydrogens is 226 g/mol. The van der Waals surface area contributed by atoms with Crippen LogP contribution in [0.15, 0.2) is 0 Å². The minimum Gasteiger partial charge on any atom is -0.314 e. The van der Waals surface area contributed by atoms with Crippen molar-refractivity contribution in [3.8, 4) is 0 Å². The van der Waals surface area contributed by atoms with Crippen molar-refractivity contribution < 1.29 is 8.42 Å². The molecule has 0 radical (unpaired) electrons. The first-order chi connectivity index (χ1) is 7.44. The van der Waals surface area contributed by atoms with Crippen molar-refractivity contribution in [3.63, 3.8) is 0 Å². The quantitative estimate of drug-likeness (QED) is 0.748. The van der Waals surface area contributed by atoms with E-state index in [9.17, 15) is 8.42 Å². The van der Waals surface area contributed by atoms with E-state index in [0.29, 0.717) is 19.6 Å². The van der Waals surface area contributed by atoms with Gasteiger partial charge in [0, 0.05) is 38.3 Å². The number of rotatable bonds is 2. The van der Waals surface area contributed by atoms with Gasteiger partial charge in [-0.3, -0.25) is 0 Å². The fourth-order valence-electron chi connectivity index (χ4n) is 2.45. The minimum absolute atomic E-state index is 0.320. The summed E-state index contributed by atoms with van der Waals surface area (Å²) in [7, 11) is -3.24. The maximum atomic E-state index is 12.4. The summed E-state index contributed by atoms with van der Waals surface area (Å²) in [5.41, 5.74) is -0.320. The second kappa shape index (κ2) is 4.25. The van der Waals surface area contributed by atoms with Crippen LogP contribution in [0.2, 0.25) is 0 Å². The van der Waals surface area contributed by atoms with Gasteiger partial charge in [0.15, 0.2) is 0 Å². The molecule has 0 aromatic heterocycles. The SMILES string of the molecule is CC1(C)CNCCN1S(=O)(=O)N1CCCC1. The van der Waals surface area contributed by atoms with E-state index in [1.54, 1.807) is 8.61 Å². The summed E-state index contributed by atoms with van der Waals surface area (Å²) in [6, 6.07) is 0. The Morgan fingerprint density at radius 2 is 1.75 bits per heavy atom. The van der Waals surface area contributed by atoms with Crippen molar-refractivity contribution >= 4 is 10.2 Å². The summed E-state index contributed by atoms with van der Waals surface area (Å²) in [5.74, 6) is 0. The average molecular weight is 247 g/mol. The van der Waals surface area contributed by atoms with Crippen LogP contribution in [0.1, 0.15) is 26.7 Å². The first kappa shape index (κ1) is 12.3. The van der Waals surface area contributed by atoms with E-state index < -0.39 is 10.2 Å². The zero-order chi connectivity index (χ0) is 11.8. The van der Waals surface area contributed by atoms with Crippen molar-refractivity contribution in [2.75, 3.05) is 32.7 Å². The third kappa shape index (κ3) is 2.11. The van der Waals surface area contributed by atoms with E-state index in [0.717, 1.165) is 25.9 Å². The largest absolute Gasteiger partial charge is 0.314 e. The van der Waals surface area contributed by atoms with E-state index >= 15 is 0 Å². The molecule has 0 unspecified atom stereocenters. The molecule has 0 bridgehead atoms. The lowest BCUT2D eigenvalue weighted by Gasteiger charge is -2.42. The van der Waals surface area contributed by atoms with Crippen LogP contribution in [0.4, 0.5) is 0 Å². The highest BCUT2D eigenvalue weighted by Gasteiger charge is 2.41. The monoisotopic (exact) mass is 247 g/mol. The van der Waals surface area contributed by atoms with Crippen LogP contribution in [0.25, 0.3) is 0 Å². The van der Waals surface area contributed by atoms with Crippen LogP contribution in [0.5, 0.6) is 0 Å². The number of piperazine rings is 1. The fraction of sp³-hybridized carbons (Fsp3) is 1.00. The second-order valence-corrected chi connectivity index (χ2v) is 7.03. The van der Waals surface area contributed by atoms with Crippen molar-refractivity contribution in [1.82, 2.24) is 13.9 Å². The van der Waals surface area contributed by atoms with Gasteiger partial charge in [-0.25, -0.2) is 0 Å². The number of hydrogen-bond donors (Lipinski definition) is 1. The number of nitrogens with one attached hydrogen (secondary N) is 1. The van der Waals surface area contributed by atoms with Gasteiger partial charge in [0.05, 0.1) is 0 Å². The topological polar surface area (TPSA) is 52.7 Å². The van der Waals surface area contributed by atoms with Gasteiger partial charge in [0.25, 0.3) is 10.2 Å². The van der Waals surface area contributed by atoms with Crippen LogP contribution in [0, 0.1) is 0 Å². The Bertz CT molecular complexity index is 347. The Morgan fingerprint density at radius 1 is 1.12 bits per heavy atom. The molecule has 2 heterocycles. The van der Waals surface area contributed by atoms with E-state index in [-0.39, 0.29) is 5.54 Å². The summed E-state index contributed by atoms with van der Waals surface area (Å²) in [6.07, 6.45) is 1.98. The first-order valence-electron chi connectivity index (χ1n) is 5.93. The standard InChI is InChI=1S/C10H21N3O2S/c1-10(2)9-11-5-8-13(10)16(14,15)12-6-3-4-7-12/h11H,3-9H2,1-2H3. The molecule has 1 N–H and O–H groups in total. The summed E-state index contributed by atoms with van der Waals surface area (Å²) in [4.78, 5) is 0. The molecule has 94 valence electrons. The molecule has 16 heavy (non-hydrogen) atoms. The molecule has 2 fully saturated rings. The van der Waals surface area contributed by atoms with Gasteiger partial charge in [0.1, 0.15) is 0 Å². The van der Waals surface area contributed by atoms with Crippen LogP contribution >= 0.6 is 0 Å². The smallest absolute Gasteiger partial charge is 0.282 e. The lowest BCUT2D eigenvalue weighted by molar-refractivity contribution is 0.175. The second-order valence-electron chi connectivity index (χ2n) is 5.18. The van der Waals surface area contributed by atoms with Gasteiger partial charge < -0.3 is 5.32 Å². The molecule has 0 spiro atoms. The summed E-state index contributed by atoms with van der Waals surface area (Å²) in [6.45, 7) is 7.37. The van der Waals surface area contributed by atoms with E-state index in [1.807, 2.05) is 13.8 Å². The highest BCUT2D eigenvalue weighted by molar-refractivity contribution is 7.86. The van der Waals surface area contributed by atoms with E-state index in [1.165, 1.54) is 0 Å². The van der Waals surface area contributed by atoms with Crippen LogP contribution in [-0.4, -0.2) is 55.3 Å². The van der Waals surface area contributed by atoms with Gasteiger partial charge in [-0.05, 0) is 26.7 Å². The molecule has 5 nitrogen and oxygen atoms in total. The van der Waals surface area contributed by atoms with Gasteiger partial charge >= 0.3 is 0 Å². The first-order valence-corrected chi connectivity index (χ1v) is 7.33. The maximum Gasteiger partial charge on any atom is 0.282 e. The molecule has 0 saturated carbocycles. The maximum absolute atomic E-state index is 12.4. The van der Waals surface area contributed by atoms with Crippen molar-refractivity contribution in [2.24, 2.45) is 0 Å². The highest BCUT2D eigenvalue weighted by Crippen LogP contribution is 2.25. The van der Waals surface area contributed by atoms with Gasteiger partial charge in [0.2, 0.25) is 0 Å². The van der Waals surface area contributed by atoms with Crippen LogP contribution in [-0.2, 0) is 10.2 Å². The summed E-state index contributed by atoms with van der Waals surface area (Å²) >= 11 is 0. The van der Waals surface area contributed by atoms with Crippen molar-refractivity contribution in [3.05, 3.63) is 0 Å². The van der Waals surface area contributed by atoms with Crippen LogP contribution in [0.3, 0.4) is 0 Å². The van der Waals surface area contributed by atoms with Crippen molar-refractivity contribution in [2.45, 2.75) is 32.2 Å². The van der Waals surface area contributed by atoms with Gasteiger partial charge in [-0.2, -0.15) is 17.0 Å². The Kier molecular flexibility index (Phi) is 3.27. The zero-order valence-corrected chi connectivity index (χ0v) is 10.9. The van der Waals surface area contributed by atoms with E-state index in [4.69, 9.17) is 0 Å². The zero-order valence-electron chi connectivity index (χ0n) is 10.1. The van der Waals surface area contributed by atoms with Gasteiger partial charge in [-0.15, -0.1) is 0 Å². The molecule has 2 saturated heterocycles. The van der Waals surface area contributed by atoms with E-state index in [2.05, 4.69) is 5.32 Å². The average Bonchev–Trinajstić information content (AvgIpc) is 2.69. The normalized spacial score (nSPS) is 28.4. The highest BCUT2D eigenvalue weighted by atomic mass is 32.2. The summed E-state index contributed by atoms with van der Waals surface area (Å²) < 4.78 is 28.1. The third-order valence-corrected chi connectivity index (χ3v) is 5.65. The predicted octanol–water partition coefficient (Wildman–Crippen LogP) is 0.0108. The van der Waals surface area contributed by atoms with Gasteiger partial charge in [-0.1, -0.05) is 0 Å². The lowest BCUT2D eigenvalue weighted by Crippen LogP contribution is -2.62. The molecule has 0 aromatic carbocycles. The lowest BCUT2D eigenvalue weighted by atomic mass is 10.0. The molecule has 2 aliphatic heterocycles. The molecule has 0 aliphatic carbocycles. The molecule has 6 heteroatoms. The molecule has 2 rings (SSSR count). The summed E-state index contributed by atoms with van der Waals surface area (Å²) in [5, 5.41) is 3.24. The number of nitrogens with zero attached hydrogens (tertiary/aromatic N) is 2. The molecule has 2 aliphatic rings. The Morgan fingerprint density at radius 3 is 2.31 bits per heavy atom. The Hall–Kier alpha value is -0.170. The Balaban J connectivity index is 2.21. The third-order valence-electron chi connectivity index (χ3n) is 3.39.